The van der Waals surface area contributed by atoms with Gasteiger partial charge in [-0.05, 0) is 38.5 Å². The Kier molecular flexibility index (Phi) is 4.40. The van der Waals surface area contributed by atoms with Gasteiger partial charge in [0.15, 0.2) is 10.8 Å². The van der Waals surface area contributed by atoms with Crippen LogP contribution in [0.4, 0.5) is 0 Å². The van der Waals surface area contributed by atoms with E-state index in [1.807, 2.05) is 23.0 Å². The second kappa shape index (κ2) is 6.46. The molecular weight excluding hydrogens is 296 g/mol. The molecule has 3 rings (SSSR count). The third-order valence-electron chi connectivity index (χ3n) is 3.76. The minimum absolute atomic E-state index is 0.289. The maximum absolute atomic E-state index is 5.37. The highest BCUT2D eigenvalue weighted by Gasteiger charge is 2.15. The zero-order valence-electron chi connectivity index (χ0n) is 13.0. The van der Waals surface area contributed by atoms with Crippen LogP contribution in [0.5, 0.6) is 0 Å². The Morgan fingerprint density at radius 1 is 1.41 bits per heavy atom. The van der Waals surface area contributed by atoms with Crippen LogP contribution in [0.25, 0.3) is 10.8 Å². The lowest BCUT2D eigenvalue weighted by Gasteiger charge is -2.21. The first-order valence-electron chi connectivity index (χ1n) is 7.36. The predicted molar refractivity (Wildman–Crippen MR) is 87.8 cm³/mol. The molecule has 0 saturated carbocycles. The van der Waals surface area contributed by atoms with Crippen LogP contribution in [-0.2, 0) is 6.54 Å². The summed E-state index contributed by atoms with van der Waals surface area (Å²) in [6.07, 6.45) is 5.63. The fraction of sp³-hybridized carbons (Fsp3) is 0.375. The van der Waals surface area contributed by atoms with Gasteiger partial charge in [-0.2, -0.15) is 5.10 Å². The van der Waals surface area contributed by atoms with Crippen LogP contribution in [-0.4, -0.2) is 20.8 Å². The highest BCUT2D eigenvalue weighted by molar-refractivity contribution is 7.13. The van der Waals surface area contributed by atoms with E-state index in [0.717, 1.165) is 23.0 Å². The smallest absolute Gasteiger partial charge is 0.162 e. The van der Waals surface area contributed by atoms with E-state index >= 15 is 0 Å². The Balaban J connectivity index is 1.58. The summed E-state index contributed by atoms with van der Waals surface area (Å²) < 4.78 is 7.38. The Labute approximate surface area is 134 Å². The first-order chi connectivity index (χ1) is 10.6. The number of hydrogen-bond acceptors (Lipinski definition) is 5. The first kappa shape index (κ1) is 15.0. The lowest BCUT2D eigenvalue weighted by molar-refractivity contribution is 0.364. The molecule has 0 aromatic carbocycles. The maximum Gasteiger partial charge on any atom is 0.162 e. The van der Waals surface area contributed by atoms with E-state index in [9.17, 15) is 0 Å². The van der Waals surface area contributed by atoms with Crippen molar-refractivity contribution in [3.8, 4) is 10.8 Å². The number of nitrogens with zero attached hydrogens (tertiary/aromatic N) is 3. The summed E-state index contributed by atoms with van der Waals surface area (Å²) in [5, 5.41) is 10.9. The SMILES string of the molecule is Cc1cnn([C@H](C)[C@H](C)NCc2csc(-c3ccco3)n2)c1. The number of aryl methyl sites for hydroxylation is 1. The summed E-state index contributed by atoms with van der Waals surface area (Å²) in [5.41, 5.74) is 2.22. The van der Waals surface area contributed by atoms with Crippen molar-refractivity contribution in [1.29, 1.82) is 0 Å². The van der Waals surface area contributed by atoms with E-state index in [0.29, 0.717) is 6.04 Å². The molecule has 0 amide bonds. The van der Waals surface area contributed by atoms with Gasteiger partial charge in [0.05, 0.1) is 24.2 Å². The van der Waals surface area contributed by atoms with Crippen molar-refractivity contribution < 1.29 is 4.42 Å². The molecule has 0 aliphatic carbocycles. The van der Waals surface area contributed by atoms with Gasteiger partial charge in [0.2, 0.25) is 0 Å². The number of thiazole rings is 1. The van der Waals surface area contributed by atoms with E-state index in [2.05, 4.69) is 47.7 Å². The molecule has 1 N–H and O–H groups in total. The lowest BCUT2D eigenvalue weighted by Crippen LogP contribution is -2.33. The van der Waals surface area contributed by atoms with Crippen LogP contribution >= 0.6 is 11.3 Å². The van der Waals surface area contributed by atoms with Crippen molar-refractivity contribution in [1.82, 2.24) is 20.1 Å². The molecule has 5 nitrogen and oxygen atoms in total. The highest BCUT2D eigenvalue weighted by Crippen LogP contribution is 2.24. The summed E-state index contributed by atoms with van der Waals surface area (Å²) in [6.45, 7) is 7.13. The summed E-state index contributed by atoms with van der Waals surface area (Å²) in [4.78, 5) is 4.60. The average molecular weight is 316 g/mol. The van der Waals surface area contributed by atoms with Gasteiger partial charge >= 0.3 is 0 Å². The summed E-state index contributed by atoms with van der Waals surface area (Å²) in [6, 6.07) is 4.40. The molecule has 0 saturated heterocycles. The highest BCUT2D eigenvalue weighted by atomic mass is 32.1. The van der Waals surface area contributed by atoms with Crippen LogP contribution in [0.15, 0.2) is 40.6 Å². The fourth-order valence-corrected chi connectivity index (χ4v) is 3.01. The number of nitrogens with one attached hydrogen (secondary N) is 1. The standard InChI is InChI=1S/C16H20N4OS/c1-11-7-18-20(9-11)13(3)12(2)17-8-14-10-22-16(19-14)15-5-4-6-21-15/h4-7,9-10,12-13,17H,8H2,1-3H3/t12-,13+/m0/s1. The summed E-state index contributed by atoms with van der Waals surface area (Å²) in [7, 11) is 0. The molecule has 2 atom stereocenters. The van der Waals surface area contributed by atoms with Crippen LogP contribution in [0.1, 0.15) is 31.1 Å². The van der Waals surface area contributed by atoms with Gasteiger partial charge in [-0.25, -0.2) is 4.98 Å². The van der Waals surface area contributed by atoms with Crippen molar-refractivity contribution in [3.05, 3.63) is 47.4 Å². The van der Waals surface area contributed by atoms with Gasteiger partial charge in [0.1, 0.15) is 0 Å². The quantitative estimate of drug-likeness (QED) is 0.754. The topological polar surface area (TPSA) is 55.9 Å². The number of furan rings is 1. The molecule has 0 fully saturated rings. The second-order valence-corrected chi connectivity index (χ2v) is 6.39. The Morgan fingerprint density at radius 2 is 2.27 bits per heavy atom. The van der Waals surface area contributed by atoms with Gasteiger partial charge in [0, 0.05) is 24.2 Å². The number of aromatic nitrogens is 3. The van der Waals surface area contributed by atoms with E-state index in [1.54, 1.807) is 17.6 Å². The zero-order valence-corrected chi connectivity index (χ0v) is 13.8. The summed E-state index contributed by atoms with van der Waals surface area (Å²) >= 11 is 1.60. The lowest BCUT2D eigenvalue weighted by atomic mass is 10.1. The van der Waals surface area contributed by atoms with Crippen molar-refractivity contribution in [3.63, 3.8) is 0 Å². The molecule has 6 heteroatoms. The van der Waals surface area contributed by atoms with Gasteiger partial charge in [0.25, 0.3) is 0 Å². The van der Waals surface area contributed by atoms with Crippen molar-refractivity contribution in [2.24, 2.45) is 0 Å². The van der Waals surface area contributed by atoms with E-state index in [-0.39, 0.29) is 6.04 Å². The molecule has 0 radical (unpaired) electrons. The Morgan fingerprint density at radius 3 is 2.95 bits per heavy atom. The first-order valence-corrected chi connectivity index (χ1v) is 8.24. The third kappa shape index (κ3) is 3.28. The molecule has 0 aliphatic rings. The third-order valence-corrected chi connectivity index (χ3v) is 4.67. The van der Waals surface area contributed by atoms with Crippen LogP contribution < -0.4 is 5.32 Å². The average Bonchev–Trinajstić information content (AvgIpc) is 3.24. The Hall–Kier alpha value is -1.92. The second-order valence-electron chi connectivity index (χ2n) is 5.53. The molecule has 3 aromatic heterocycles. The predicted octanol–water partition coefficient (Wildman–Crippen LogP) is 3.65. The fourth-order valence-electron chi connectivity index (χ4n) is 2.22. The Bertz CT molecular complexity index is 716. The van der Waals surface area contributed by atoms with Crippen LogP contribution in [0.3, 0.4) is 0 Å². The van der Waals surface area contributed by atoms with Gasteiger partial charge in [-0.15, -0.1) is 11.3 Å². The van der Waals surface area contributed by atoms with Crippen LogP contribution in [0, 0.1) is 6.92 Å². The summed E-state index contributed by atoms with van der Waals surface area (Å²) in [5.74, 6) is 0.824. The minimum Gasteiger partial charge on any atom is -0.462 e. The van der Waals surface area contributed by atoms with Gasteiger partial charge in [-0.1, -0.05) is 0 Å². The molecule has 0 unspecified atom stereocenters. The van der Waals surface area contributed by atoms with Crippen LogP contribution in [0.2, 0.25) is 0 Å². The number of hydrogen-bond donors (Lipinski definition) is 1. The van der Waals surface area contributed by atoms with Crippen molar-refractivity contribution >= 4 is 11.3 Å². The molecule has 22 heavy (non-hydrogen) atoms. The largest absolute Gasteiger partial charge is 0.462 e. The van der Waals surface area contributed by atoms with Gasteiger partial charge < -0.3 is 9.73 Å². The molecule has 0 bridgehead atoms. The molecule has 3 aromatic rings. The molecule has 116 valence electrons. The van der Waals surface area contributed by atoms with Gasteiger partial charge in [-0.3, -0.25) is 4.68 Å². The van der Waals surface area contributed by atoms with E-state index < -0.39 is 0 Å². The minimum atomic E-state index is 0.289. The maximum atomic E-state index is 5.37. The molecule has 0 aliphatic heterocycles. The normalized spacial score (nSPS) is 14.1. The van der Waals surface area contributed by atoms with E-state index in [1.165, 1.54) is 5.56 Å². The number of rotatable bonds is 6. The van der Waals surface area contributed by atoms with Crippen molar-refractivity contribution in [2.45, 2.75) is 39.4 Å². The monoisotopic (exact) mass is 316 g/mol. The molecule has 3 heterocycles. The van der Waals surface area contributed by atoms with Crippen molar-refractivity contribution in [2.75, 3.05) is 0 Å². The molecule has 0 spiro atoms. The van der Waals surface area contributed by atoms with E-state index in [4.69, 9.17) is 4.42 Å². The molecular formula is C16H20N4OS. The zero-order chi connectivity index (χ0) is 15.5.